The van der Waals surface area contributed by atoms with E-state index < -0.39 is 0 Å². The van der Waals surface area contributed by atoms with Crippen LogP contribution in [-0.2, 0) is 11.2 Å². The molecule has 0 saturated heterocycles. The first-order chi connectivity index (χ1) is 16.5. The molecular formula is C25H22ClN3O5. The van der Waals surface area contributed by atoms with Gasteiger partial charge >= 0.3 is 0 Å². The highest BCUT2D eigenvalue weighted by Crippen LogP contribution is 2.41. The third-order valence-electron chi connectivity index (χ3n) is 5.06. The Balaban J connectivity index is 1.60. The number of methoxy groups -OCH3 is 3. The molecular weight excluding hydrogens is 458 g/mol. The largest absolute Gasteiger partial charge is 0.493 e. The molecule has 0 aliphatic heterocycles. The maximum atomic E-state index is 12.6. The molecule has 1 amide bonds. The number of carbonyl (C=O) groups excluding carboxylic acids is 1. The first-order valence-electron chi connectivity index (χ1n) is 10.3. The van der Waals surface area contributed by atoms with Gasteiger partial charge in [0.2, 0.25) is 17.5 Å². The number of para-hydroxylation sites is 1. The van der Waals surface area contributed by atoms with Crippen molar-refractivity contribution in [3.05, 3.63) is 71.2 Å². The highest BCUT2D eigenvalue weighted by molar-refractivity contribution is 6.30. The van der Waals surface area contributed by atoms with E-state index in [1.54, 1.807) is 36.4 Å². The second-order valence-electron chi connectivity index (χ2n) is 7.23. The van der Waals surface area contributed by atoms with Crippen molar-refractivity contribution < 1.29 is 23.5 Å². The lowest BCUT2D eigenvalue weighted by Gasteiger charge is -2.12. The topological polar surface area (TPSA) is 95.7 Å². The SMILES string of the molecule is COc1cc(-c2noc(-c3ccccc3NC(=O)Cc3ccc(Cl)cc3)n2)cc(OC)c1OC. The van der Waals surface area contributed by atoms with E-state index in [1.165, 1.54) is 21.3 Å². The lowest BCUT2D eigenvalue weighted by molar-refractivity contribution is -0.115. The van der Waals surface area contributed by atoms with Gasteiger partial charge in [0, 0.05) is 10.6 Å². The Kier molecular flexibility index (Phi) is 6.98. The molecule has 1 aromatic heterocycles. The molecule has 0 bridgehead atoms. The standard InChI is InChI=1S/C25H22ClN3O5/c1-31-20-13-16(14-21(32-2)23(20)33-3)24-28-25(34-29-24)18-6-4-5-7-19(18)27-22(30)12-15-8-10-17(26)11-9-15/h4-11,13-14H,12H2,1-3H3,(H,27,30). The summed E-state index contributed by atoms with van der Waals surface area (Å²) < 4.78 is 21.7. The summed E-state index contributed by atoms with van der Waals surface area (Å²) in [6, 6.07) is 17.8. The average molecular weight is 480 g/mol. The molecule has 1 heterocycles. The summed E-state index contributed by atoms with van der Waals surface area (Å²) in [6.07, 6.45) is 0.200. The molecule has 0 spiro atoms. The van der Waals surface area contributed by atoms with Gasteiger partial charge in [0.1, 0.15) is 0 Å². The number of amides is 1. The van der Waals surface area contributed by atoms with E-state index in [2.05, 4.69) is 15.5 Å². The molecule has 0 unspecified atom stereocenters. The highest BCUT2D eigenvalue weighted by Gasteiger charge is 2.19. The normalized spacial score (nSPS) is 10.6. The van der Waals surface area contributed by atoms with Crippen molar-refractivity contribution in [3.63, 3.8) is 0 Å². The van der Waals surface area contributed by atoms with Crippen LogP contribution in [0.25, 0.3) is 22.8 Å². The molecule has 4 aromatic rings. The third-order valence-corrected chi connectivity index (χ3v) is 5.31. The number of hydrogen-bond donors (Lipinski definition) is 1. The molecule has 3 aromatic carbocycles. The molecule has 8 nitrogen and oxygen atoms in total. The fraction of sp³-hybridized carbons (Fsp3) is 0.160. The molecule has 4 rings (SSSR count). The van der Waals surface area contributed by atoms with Gasteiger partial charge in [-0.1, -0.05) is 41.0 Å². The zero-order valence-corrected chi connectivity index (χ0v) is 19.6. The number of ether oxygens (including phenoxy) is 3. The van der Waals surface area contributed by atoms with E-state index in [9.17, 15) is 4.79 Å². The Morgan fingerprint density at radius 3 is 2.29 bits per heavy atom. The monoisotopic (exact) mass is 479 g/mol. The van der Waals surface area contributed by atoms with Crippen molar-refractivity contribution in [2.24, 2.45) is 0 Å². The summed E-state index contributed by atoms with van der Waals surface area (Å²) in [5, 5.41) is 7.64. The summed E-state index contributed by atoms with van der Waals surface area (Å²) in [5.74, 6) is 1.81. The van der Waals surface area contributed by atoms with Crippen LogP contribution in [0.2, 0.25) is 5.02 Å². The predicted octanol–water partition coefficient (Wildman–Crippen LogP) is 5.26. The molecule has 9 heteroatoms. The molecule has 1 N–H and O–H groups in total. The molecule has 0 atom stereocenters. The Labute approximate surface area is 201 Å². The first kappa shape index (κ1) is 23.1. The van der Waals surface area contributed by atoms with Crippen molar-refractivity contribution in [3.8, 4) is 40.1 Å². The summed E-state index contributed by atoms with van der Waals surface area (Å²) >= 11 is 5.92. The molecule has 34 heavy (non-hydrogen) atoms. The second kappa shape index (κ2) is 10.3. The van der Waals surface area contributed by atoms with Crippen LogP contribution in [0.15, 0.2) is 65.2 Å². The maximum Gasteiger partial charge on any atom is 0.260 e. The van der Waals surface area contributed by atoms with Crippen LogP contribution in [0.3, 0.4) is 0 Å². The number of hydrogen-bond acceptors (Lipinski definition) is 7. The van der Waals surface area contributed by atoms with Crippen LogP contribution < -0.4 is 19.5 Å². The Hall–Kier alpha value is -4.04. The van der Waals surface area contributed by atoms with Gasteiger partial charge < -0.3 is 24.1 Å². The summed E-state index contributed by atoms with van der Waals surface area (Å²) in [5.41, 5.74) is 2.62. The number of halogens is 1. The van der Waals surface area contributed by atoms with Gasteiger partial charge in [0.15, 0.2) is 11.5 Å². The second-order valence-corrected chi connectivity index (χ2v) is 7.67. The number of nitrogens with zero attached hydrogens (tertiary/aromatic N) is 2. The van der Waals surface area contributed by atoms with Crippen molar-refractivity contribution in [1.82, 2.24) is 10.1 Å². The quantitative estimate of drug-likeness (QED) is 0.368. The fourth-order valence-electron chi connectivity index (χ4n) is 3.42. The number of rotatable bonds is 8. The number of carbonyl (C=O) groups is 1. The lowest BCUT2D eigenvalue weighted by Crippen LogP contribution is -2.15. The van der Waals surface area contributed by atoms with E-state index in [0.717, 1.165) is 5.56 Å². The van der Waals surface area contributed by atoms with Gasteiger partial charge in [-0.2, -0.15) is 4.98 Å². The van der Waals surface area contributed by atoms with Crippen LogP contribution in [0.4, 0.5) is 5.69 Å². The minimum Gasteiger partial charge on any atom is -0.493 e. The maximum absolute atomic E-state index is 12.6. The Morgan fingerprint density at radius 1 is 0.971 bits per heavy atom. The summed E-state index contributed by atoms with van der Waals surface area (Å²) in [7, 11) is 4.60. The van der Waals surface area contributed by atoms with Gasteiger partial charge in [-0.05, 0) is 42.0 Å². The van der Waals surface area contributed by atoms with Gasteiger partial charge in [0.05, 0.1) is 39.0 Å². The van der Waals surface area contributed by atoms with Gasteiger partial charge in [-0.3, -0.25) is 4.79 Å². The summed E-state index contributed by atoms with van der Waals surface area (Å²) in [4.78, 5) is 17.2. The lowest BCUT2D eigenvalue weighted by atomic mass is 10.1. The van der Waals surface area contributed by atoms with Crippen molar-refractivity contribution >= 4 is 23.2 Å². The minimum absolute atomic E-state index is 0.181. The average Bonchev–Trinajstić information content (AvgIpc) is 3.35. The smallest absolute Gasteiger partial charge is 0.260 e. The van der Waals surface area contributed by atoms with Crippen LogP contribution in [-0.4, -0.2) is 37.4 Å². The highest BCUT2D eigenvalue weighted by atomic mass is 35.5. The Bertz CT molecular complexity index is 1280. The van der Waals surface area contributed by atoms with E-state index in [0.29, 0.717) is 44.9 Å². The predicted molar refractivity (Wildman–Crippen MR) is 129 cm³/mol. The van der Waals surface area contributed by atoms with E-state index in [4.69, 9.17) is 30.3 Å². The van der Waals surface area contributed by atoms with Crippen LogP contribution >= 0.6 is 11.6 Å². The molecule has 0 aliphatic rings. The summed E-state index contributed by atoms with van der Waals surface area (Å²) in [6.45, 7) is 0. The third kappa shape index (κ3) is 4.97. The molecule has 0 aliphatic carbocycles. The number of nitrogens with one attached hydrogen (secondary N) is 1. The zero-order chi connectivity index (χ0) is 24.1. The first-order valence-corrected chi connectivity index (χ1v) is 10.7. The van der Waals surface area contributed by atoms with E-state index in [1.807, 2.05) is 24.3 Å². The van der Waals surface area contributed by atoms with Crippen LogP contribution in [0, 0.1) is 0 Å². The van der Waals surface area contributed by atoms with E-state index in [-0.39, 0.29) is 18.2 Å². The number of benzene rings is 3. The van der Waals surface area contributed by atoms with Gasteiger partial charge in [0.25, 0.3) is 5.89 Å². The van der Waals surface area contributed by atoms with Crippen LogP contribution in [0.1, 0.15) is 5.56 Å². The zero-order valence-electron chi connectivity index (χ0n) is 18.8. The number of aromatic nitrogens is 2. The van der Waals surface area contributed by atoms with Crippen molar-refractivity contribution in [2.75, 3.05) is 26.6 Å². The van der Waals surface area contributed by atoms with Gasteiger partial charge in [-0.25, -0.2) is 0 Å². The van der Waals surface area contributed by atoms with Crippen molar-refractivity contribution in [2.45, 2.75) is 6.42 Å². The molecule has 0 radical (unpaired) electrons. The van der Waals surface area contributed by atoms with Crippen LogP contribution in [0.5, 0.6) is 17.2 Å². The van der Waals surface area contributed by atoms with Gasteiger partial charge in [-0.15, -0.1) is 0 Å². The van der Waals surface area contributed by atoms with Crippen molar-refractivity contribution in [1.29, 1.82) is 0 Å². The minimum atomic E-state index is -0.181. The molecule has 0 fully saturated rings. The number of anilines is 1. The fourth-order valence-corrected chi connectivity index (χ4v) is 3.55. The van der Waals surface area contributed by atoms with E-state index >= 15 is 0 Å². The molecule has 174 valence electrons. The molecule has 0 saturated carbocycles. The Morgan fingerprint density at radius 2 is 1.65 bits per heavy atom.